The number of hydrogen-bond donors (Lipinski definition) is 1. The van der Waals surface area contributed by atoms with Crippen LogP contribution in [0.3, 0.4) is 0 Å². The Balaban J connectivity index is 2.53. The van der Waals surface area contributed by atoms with Gasteiger partial charge in [0, 0.05) is 22.0 Å². The summed E-state index contributed by atoms with van der Waals surface area (Å²) in [4.78, 5) is 12.7. The molecule has 0 saturated heterocycles. The summed E-state index contributed by atoms with van der Waals surface area (Å²) in [6.45, 7) is 0. The minimum Gasteiger partial charge on any atom is -0.399 e. The van der Waals surface area contributed by atoms with E-state index in [0.29, 0.717) is 13.7 Å². The molecular formula is C12H9BrClNO3S2. The van der Waals surface area contributed by atoms with Crippen LogP contribution >= 0.6 is 38.9 Å². The van der Waals surface area contributed by atoms with Crippen molar-refractivity contribution in [1.29, 1.82) is 0 Å². The standard InChI is InChI=1S/C12H9BrClNO3S2/c1-20(17,18)8-3-6(2-7(15)4-8)11(16)10-5-9(13)12(14)19-10/h2-5H,15H2,1H3. The first-order valence-electron chi connectivity index (χ1n) is 5.28. The molecule has 0 radical (unpaired) electrons. The van der Waals surface area contributed by atoms with E-state index in [4.69, 9.17) is 17.3 Å². The zero-order chi connectivity index (χ0) is 15.1. The lowest BCUT2D eigenvalue weighted by Crippen LogP contribution is -2.05. The fourth-order valence-electron chi connectivity index (χ4n) is 1.57. The third-order valence-corrected chi connectivity index (χ3v) is 6.05. The smallest absolute Gasteiger partial charge is 0.203 e. The van der Waals surface area contributed by atoms with Gasteiger partial charge >= 0.3 is 0 Å². The topological polar surface area (TPSA) is 77.2 Å². The van der Waals surface area contributed by atoms with Gasteiger partial charge in [0.2, 0.25) is 5.78 Å². The van der Waals surface area contributed by atoms with E-state index >= 15 is 0 Å². The van der Waals surface area contributed by atoms with E-state index in [2.05, 4.69) is 15.9 Å². The van der Waals surface area contributed by atoms with Gasteiger partial charge in [0.05, 0.1) is 9.77 Å². The third kappa shape index (κ3) is 3.22. The average molecular weight is 395 g/mol. The largest absolute Gasteiger partial charge is 0.399 e. The highest BCUT2D eigenvalue weighted by molar-refractivity contribution is 9.10. The quantitative estimate of drug-likeness (QED) is 0.639. The molecule has 2 N–H and O–H groups in total. The maximum absolute atomic E-state index is 12.3. The van der Waals surface area contributed by atoms with Gasteiger partial charge in [-0.2, -0.15) is 0 Å². The monoisotopic (exact) mass is 393 g/mol. The lowest BCUT2D eigenvalue weighted by molar-refractivity contribution is 0.104. The summed E-state index contributed by atoms with van der Waals surface area (Å²) in [6.07, 6.45) is 1.06. The van der Waals surface area contributed by atoms with Crippen LogP contribution in [0, 0.1) is 0 Å². The predicted molar refractivity (Wildman–Crippen MR) is 84.4 cm³/mol. The number of benzene rings is 1. The molecule has 20 heavy (non-hydrogen) atoms. The van der Waals surface area contributed by atoms with Crippen LogP contribution in [-0.2, 0) is 9.84 Å². The Bertz CT molecular complexity index is 780. The van der Waals surface area contributed by atoms with Crippen LogP contribution in [0.2, 0.25) is 4.34 Å². The molecule has 2 rings (SSSR count). The third-order valence-electron chi connectivity index (χ3n) is 2.49. The Morgan fingerprint density at radius 3 is 2.45 bits per heavy atom. The molecule has 0 amide bonds. The fraction of sp³-hybridized carbons (Fsp3) is 0.0833. The molecule has 1 heterocycles. The summed E-state index contributed by atoms with van der Waals surface area (Å²) in [7, 11) is -3.43. The molecular weight excluding hydrogens is 386 g/mol. The van der Waals surface area contributed by atoms with E-state index in [0.717, 1.165) is 17.6 Å². The van der Waals surface area contributed by atoms with Gasteiger partial charge in [-0.15, -0.1) is 11.3 Å². The molecule has 0 bridgehead atoms. The number of halogens is 2. The van der Waals surface area contributed by atoms with Gasteiger partial charge in [-0.1, -0.05) is 11.6 Å². The lowest BCUT2D eigenvalue weighted by atomic mass is 10.1. The van der Waals surface area contributed by atoms with Crippen molar-refractivity contribution in [3.05, 3.63) is 43.5 Å². The van der Waals surface area contributed by atoms with Gasteiger partial charge in [-0.05, 0) is 40.2 Å². The highest BCUT2D eigenvalue weighted by atomic mass is 79.9. The van der Waals surface area contributed by atoms with Crippen LogP contribution in [0.15, 0.2) is 33.6 Å². The van der Waals surface area contributed by atoms with E-state index in [1.807, 2.05) is 0 Å². The van der Waals surface area contributed by atoms with Crippen molar-refractivity contribution >= 4 is 60.2 Å². The van der Waals surface area contributed by atoms with Crippen molar-refractivity contribution < 1.29 is 13.2 Å². The first-order chi connectivity index (χ1) is 9.18. The molecule has 0 unspecified atom stereocenters. The number of rotatable bonds is 3. The number of carbonyl (C=O) groups excluding carboxylic acids is 1. The molecule has 8 heteroatoms. The van der Waals surface area contributed by atoms with Crippen LogP contribution in [0.25, 0.3) is 0 Å². The first-order valence-corrected chi connectivity index (χ1v) is 9.16. The summed E-state index contributed by atoms with van der Waals surface area (Å²) in [6, 6.07) is 5.68. The summed E-state index contributed by atoms with van der Waals surface area (Å²) in [5, 5.41) is 0. The van der Waals surface area contributed by atoms with Gasteiger partial charge in [-0.3, -0.25) is 4.79 Å². The molecule has 4 nitrogen and oxygen atoms in total. The minimum absolute atomic E-state index is 0.0163. The molecule has 2 aromatic rings. The zero-order valence-corrected chi connectivity index (χ0v) is 14.2. The number of nitrogen functional groups attached to an aromatic ring is 1. The molecule has 106 valence electrons. The van der Waals surface area contributed by atoms with Crippen LogP contribution in [0.4, 0.5) is 5.69 Å². The summed E-state index contributed by atoms with van der Waals surface area (Å²) in [5.74, 6) is -0.320. The van der Waals surface area contributed by atoms with E-state index < -0.39 is 9.84 Å². The number of hydrogen-bond acceptors (Lipinski definition) is 5. The van der Waals surface area contributed by atoms with Crippen molar-refractivity contribution in [2.75, 3.05) is 12.0 Å². The normalized spacial score (nSPS) is 11.6. The van der Waals surface area contributed by atoms with Gasteiger partial charge in [0.25, 0.3) is 0 Å². The molecule has 0 atom stereocenters. The number of thiophene rings is 1. The van der Waals surface area contributed by atoms with Crippen molar-refractivity contribution in [1.82, 2.24) is 0 Å². The maximum Gasteiger partial charge on any atom is 0.203 e. The molecule has 0 saturated carbocycles. The Hall–Kier alpha value is -0.890. The lowest BCUT2D eigenvalue weighted by Gasteiger charge is -2.04. The number of ketones is 1. The van der Waals surface area contributed by atoms with Gasteiger partial charge < -0.3 is 5.73 Å². The molecule has 0 aliphatic heterocycles. The molecule has 0 aliphatic rings. The Morgan fingerprint density at radius 1 is 1.30 bits per heavy atom. The van der Waals surface area contributed by atoms with Crippen LogP contribution < -0.4 is 5.73 Å². The van der Waals surface area contributed by atoms with Gasteiger partial charge in [-0.25, -0.2) is 8.42 Å². The molecule has 1 aromatic heterocycles. The second-order valence-corrected chi connectivity index (χ2v) is 8.65. The second kappa shape index (κ2) is 5.48. The van der Waals surface area contributed by atoms with E-state index in [-0.39, 0.29) is 21.9 Å². The highest BCUT2D eigenvalue weighted by Gasteiger charge is 2.17. The molecule has 0 spiro atoms. The summed E-state index contributed by atoms with van der Waals surface area (Å²) < 4.78 is 24.2. The van der Waals surface area contributed by atoms with Crippen molar-refractivity contribution in [2.24, 2.45) is 0 Å². The fourth-order valence-corrected chi connectivity index (χ4v) is 3.92. The van der Waals surface area contributed by atoms with E-state index in [1.165, 1.54) is 18.2 Å². The minimum atomic E-state index is -3.43. The Labute approximate surface area is 133 Å². The summed E-state index contributed by atoms with van der Waals surface area (Å²) in [5.41, 5.74) is 6.10. The highest BCUT2D eigenvalue weighted by Crippen LogP contribution is 2.33. The van der Waals surface area contributed by atoms with Gasteiger partial charge in [0.15, 0.2) is 9.84 Å². The number of nitrogens with two attached hydrogens (primary N) is 1. The van der Waals surface area contributed by atoms with Crippen LogP contribution in [0.1, 0.15) is 15.2 Å². The number of anilines is 1. The van der Waals surface area contributed by atoms with Crippen molar-refractivity contribution in [3.8, 4) is 0 Å². The number of sulfone groups is 1. The molecule has 0 fully saturated rings. The SMILES string of the molecule is CS(=O)(=O)c1cc(N)cc(C(=O)c2cc(Br)c(Cl)s2)c1. The van der Waals surface area contributed by atoms with E-state index in [9.17, 15) is 13.2 Å². The first kappa shape index (κ1) is 15.5. The molecule has 0 aliphatic carbocycles. The van der Waals surface area contributed by atoms with E-state index in [1.54, 1.807) is 6.07 Å². The Morgan fingerprint density at radius 2 is 1.95 bits per heavy atom. The van der Waals surface area contributed by atoms with Crippen molar-refractivity contribution in [3.63, 3.8) is 0 Å². The summed E-state index contributed by atoms with van der Waals surface area (Å²) >= 11 is 10.2. The van der Waals surface area contributed by atoms with Crippen LogP contribution in [0.5, 0.6) is 0 Å². The number of carbonyl (C=O) groups is 1. The predicted octanol–water partition coefficient (Wildman–Crippen LogP) is 3.38. The zero-order valence-electron chi connectivity index (χ0n) is 10.2. The average Bonchev–Trinajstić information content (AvgIpc) is 2.67. The second-order valence-electron chi connectivity index (χ2n) is 4.12. The molecule has 1 aromatic carbocycles. The van der Waals surface area contributed by atoms with Gasteiger partial charge in [0.1, 0.15) is 4.34 Å². The Kier molecular flexibility index (Phi) is 4.24. The van der Waals surface area contributed by atoms with Crippen LogP contribution in [-0.4, -0.2) is 20.5 Å². The van der Waals surface area contributed by atoms with Crippen molar-refractivity contribution in [2.45, 2.75) is 4.90 Å². The maximum atomic E-state index is 12.3.